The number of thiazole rings is 1. The minimum Gasteiger partial charge on any atom is -0.362 e. The number of nitrogens with zero attached hydrogens (tertiary/aromatic N) is 1. The fourth-order valence-electron chi connectivity index (χ4n) is 1.34. The van der Waals surface area contributed by atoms with Crippen LogP contribution >= 0.6 is 11.3 Å². The summed E-state index contributed by atoms with van der Waals surface area (Å²) in [4.78, 5) is 16.8. The maximum absolute atomic E-state index is 12.0. The Morgan fingerprint density at radius 1 is 1.38 bits per heavy atom. The van der Waals surface area contributed by atoms with Gasteiger partial charge in [-0.15, -0.1) is 0 Å². The fraction of sp³-hybridized carbons (Fsp3) is 0.167. The summed E-state index contributed by atoms with van der Waals surface area (Å²) in [7, 11) is 0. The molecule has 0 aliphatic carbocycles. The first-order chi connectivity index (χ1) is 7.81. The first-order valence-corrected chi connectivity index (χ1v) is 5.92. The van der Waals surface area contributed by atoms with E-state index < -0.39 is 0 Å². The number of hydrogen-bond acceptors (Lipinski definition) is 4. The van der Waals surface area contributed by atoms with Crippen molar-refractivity contribution < 1.29 is 4.79 Å². The molecule has 1 aromatic carbocycles. The predicted molar refractivity (Wildman–Crippen MR) is 66.2 cm³/mol. The van der Waals surface area contributed by atoms with Crippen LogP contribution in [0, 0.1) is 0 Å². The zero-order valence-electron chi connectivity index (χ0n) is 8.93. The number of nitrogens with one attached hydrogen (secondary N) is 1. The molecule has 1 heterocycles. The highest BCUT2D eigenvalue weighted by atomic mass is 32.1. The first kappa shape index (κ1) is 10.8. The van der Waals surface area contributed by atoms with Crippen molar-refractivity contribution in [2.45, 2.75) is 6.92 Å². The number of anilines is 1. The van der Waals surface area contributed by atoms with Gasteiger partial charge >= 0.3 is 0 Å². The van der Waals surface area contributed by atoms with Crippen molar-refractivity contribution >= 4 is 22.3 Å². The summed E-state index contributed by atoms with van der Waals surface area (Å²) >= 11 is 1.39. The van der Waals surface area contributed by atoms with Gasteiger partial charge in [-0.1, -0.05) is 41.7 Å². The number of rotatable bonds is 4. The van der Waals surface area contributed by atoms with Crippen LogP contribution in [-0.2, 0) is 0 Å². The van der Waals surface area contributed by atoms with Crippen molar-refractivity contribution in [3.8, 4) is 0 Å². The van der Waals surface area contributed by atoms with Gasteiger partial charge in [0.2, 0.25) is 5.78 Å². The van der Waals surface area contributed by atoms with E-state index in [0.717, 1.165) is 11.7 Å². The Balaban J connectivity index is 2.21. The summed E-state index contributed by atoms with van der Waals surface area (Å²) in [5.74, 6) is 0.0299. The summed E-state index contributed by atoms with van der Waals surface area (Å²) in [6.45, 7) is 2.81. The summed E-state index contributed by atoms with van der Waals surface area (Å²) in [5.41, 5.74) is 0.703. The second-order valence-corrected chi connectivity index (χ2v) is 4.29. The van der Waals surface area contributed by atoms with Gasteiger partial charge in [-0.3, -0.25) is 4.79 Å². The van der Waals surface area contributed by atoms with Crippen LogP contribution in [0.3, 0.4) is 0 Å². The topological polar surface area (TPSA) is 42.0 Å². The van der Waals surface area contributed by atoms with Crippen molar-refractivity contribution in [3.63, 3.8) is 0 Å². The molecule has 0 atom stereocenters. The highest BCUT2D eigenvalue weighted by Gasteiger charge is 2.11. The SMILES string of the molecule is CCNc1ncc(C(=O)c2ccccc2)s1. The molecule has 82 valence electrons. The van der Waals surface area contributed by atoms with Gasteiger partial charge in [0.05, 0.1) is 11.1 Å². The van der Waals surface area contributed by atoms with E-state index in [4.69, 9.17) is 0 Å². The summed E-state index contributed by atoms with van der Waals surface area (Å²) in [5, 5.41) is 3.88. The van der Waals surface area contributed by atoms with Crippen molar-refractivity contribution in [3.05, 3.63) is 47.0 Å². The lowest BCUT2D eigenvalue weighted by atomic mass is 10.1. The lowest BCUT2D eigenvalue weighted by Crippen LogP contribution is -1.97. The molecule has 0 saturated carbocycles. The van der Waals surface area contributed by atoms with E-state index >= 15 is 0 Å². The van der Waals surface area contributed by atoms with Crippen molar-refractivity contribution in [2.24, 2.45) is 0 Å². The van der Waals surface area contributed by atoms with E-state index in [1.54, 1.807) is 6.20 Å². The van der Waals surface area contributed by atoms with Crippen LogP contribution in [0.5, 0.6) is 0 Å². The molecule has 0 saturated heterocycles. The van der Waals surface area contributed by atoms with Gasteiger partial charge in [-0.2, -0.15) is 0 Å². The molecular weight excluding hydrogens is 220 g/mol. The molecule has 16 heavy (non-hydrogen) atoms. The standard InChI is InChI=1S/C12H12N2OS/c1-2-13-12-14-8-10(16-12)11(15)9-6-4-3-5-7-9/h3-8H,2H2,1H3,(H,13,14). The highest BCUT2D eigenvalue weighted by molar-refractivity contribution is 7.17. The normalized spacial score (nSPS) is 10.1. The Kier molecular flexibility index (Phi) is 3.31. The molecule has 0 unspecified atom stereocenters. The molecule has 0 aliphatic heterocycles. The number of aromatic nitrogens is 1. The number of carbonyl (C=O) groups excluding carboxylic acids is 1. The van der Waals surface area contributed by atoms with Crippen LogP contribution in [0.15, 0.2) is 36.5 Å². The number of carbonyl (C=O) groups is 1. The minimum absolute atomic E-state index is 0.0299. The molecule has 0 aliphatic rings. The average molecular weight is 232 g/mol. The Morgan fingerprint density at radius 3 is 2.81 bits per heavy atom. The lowest BCUT2D eigenvalue weighted by molar-refractivity contribution is 0.104. The van der Waals surface area contributed by atoms with E-state index in [-0.39, 0.29) is 5.78 Å². The van der Waals surface area contributed by atoms with Crippen LogP contribution in [0.25, 0.3) is 0 Å². The Bertz CT molecular complexity index is 479. The van der Waals surface area contributed by atoms with Gasteiger partial charge in [0.1, 0.15) is 0 Å². The zero-order chi connectivity index (χ0) is 11.4. The molecule has 2 aromatic rings. The zero-order valence-corrected chi connectivity index (χ0v) is 9.75. The van der Waals surface area contributed by atoms with Crippen molar-refractivity contribution in [1.82, 2.24) is 4.98 Å². The molecule has 0 fully saturated rings. The molecule has 0 radical (unpaired) electrons. The molecule has 0 bridgehead atoms. The van der Waals surface area contributed by atoms with Gasteiger partial charge in [-0.05, 0) is 6.92 Å². The van der Waals surface area contributed by atoms with E-state index in [2.05, 4.69) is 10.3 Å². The third-order valence-electron chi connectivity index (χ3n) is 2.09. The van der Waals surface area contributed by atoms with Gasteiger partial charge < -0.3 is 5.32 Å². The Labute approximate surface area is 98.2 Å². The highest BCUT2D eigenvalue weighted by Crippen LogP contribution is 2.20. The monoisotopic (exact) mass is 232 g/mol. The largest absolute Gasteiger partial charge is 0.362 e. The maximum Gasteiger partial charge on any atom is 0.204 e. The number of ketones is 1. The Morgan fingerprint density at radius 2 is 2.12 bits per heavy atom. The van der Waals surface area contributed by atoms with Gasteiger partial charge in [-0.25, -0.2) is 4.98 Å². The molecular formula is C12H12N2OS. The Hall–Kier alpha value is -1.68. The van der Waals surface area contributed by atoms with E-state index in [9.17, 15) is 4.79 Å². The smallest absolute Gasteiger partial charge is 0.204 e. The van der Waals surface area contributed by atoms with E-state index in [1.807, 2.05) is 37.3 Å². The minimum atomic E-state index is 0.0299. The molecule has 0 spiro atoms. The van der Waals surface area contributed by atoms with Crippen LogP contribution in [0.1, 0.15) is 22.2 Å². The first-order valence-electron chi connectivity index (χ1n) is 5.10. The van der Waals surface area contributed by atoms with Crippen molar-refractivity contribution in [2.75, 3.05) is 11.9 Å². The van der Waals surface area contributed by atoms with Crippen LogP contribution < -0.4 is 5.32 Å². The molecule has 4 heteroatoms. The number of hydrogen-bond donors (Lipinski definition) is 1. The fourth-order valence-corrected chi connectivity index (χ4v) is 2.19. The van der Waals surface area contributed by atoms with Crippen LogP contribution in [0.2, 0.25) is 0 Å². The summed E-state index contributed by atoms with van der Waals surface area (Å²) < 4.78 is 0. The second-order valence-electron chi connectivity index (χ2n) is 3.26. The molecule has 2 rings (SSSR count). The third-order valence-corrected chi connectivity index (χ3v) is 3.05. The third kappa shape index (κ3) is 2.28. The van der Waals surface area contributed by atoms with Gasteiger partial charge in [0, 0.05) is 12.1 Å². The lowest BCUT2D eigenvalue weighted by Gasteiger charge is -1.96. The van der Waals surface area contributed by atoms with Crippen LogP contribution in [0.4, 0.5) is 5.13 Å². The molecule has 1 aromatic heterocycles. The second kappa shape index (κ2) is 4.90. The van der Waals surface area contributed by atoms with E-state index in [1.165, 1.54) is 11.3 Å². The predicted octanol–water partition coefficient (Wildman–Crippen LogP) is 2.81. The molecule has 3 nitrogen and oxygen atoms in total. The van der Waals surface area contributed by atoms with Crippen molar-refractivity contribution in [1.29, 1.82) is 0 Å². The van der Waals surface area contributed by atoms with Gasteiger partial charge in [0.15, 0.2) is 5.13 Å². The quantitative estimate of drug-likeness (QED) is 0.824. The summed E-state index contributed by atoms with van der Waals surface area (Å²) in [6.07, 6.45) is 1.62. The molecule has 1 N–H and O–H groups in total. The van der Waals surface area contributed by atoms with Gasteiger partial charge in [0.25, 0.3) is 0 Å². The molecule has 0 amide bonds. The summed E-state index contributed by atoms with van der Waals surface area (Å²) in [6, 6.07) is 9.25. The maximum atomic E-state index is 12.0. The number of benzene rings is 1. The van der Waals surface area contributed by atoms with Crippen LogP contribution in [-0.4, -0.2) is 17.3 Å². The average Bonchev–Trinajstić information content (AvgIpc) is 2.78. The van der Waals surface area contributed by atoms with E-state index in [0.29, 0.717) is 10.4 Å².